The van der Waals surface area contributed by atoms with Crippen LogP contribution < -0.4 is 0 Å². The van der Waals surface area contributed by atoms with E-state index < -0.39 is 0 Å². The zero-order valence-electron chi connectivity index (χ0n) is 43.1. The van der Waals surface area contributed by atoms with Crippen molar-refractivity contribution in [2.45, 2.75) is 132 Å². The van der Waals surface area contributed by atoms with Crippen molar-refractivity contribution in [1.82, 2.24) is 0 Å². The maximum atomic E-state index is 10.9. The molecule has 68 heavy (non-hydrogen) atoms. The van der Waals surface area contributed by atoms with E-state index in [1.165, 1.54) is 0 Å². The number of nitriles is 4. The Kier molecular flexibility index (Phi) is 14.1. The molecule has 0 N–H and O–H groups in total. The van der Waals surface area contributed by atoms with Crippen molar-refractivity contribution in [2.75, 3.05) is 0 Å². The van der Waals surface area contributed by atoms with Gasteiger partial charge in [0, 0.05) is 0 Å². The summed E-state index contributed by atoms with van der Waals surface area (Å²) in [6.07, 6.45) is 17.5. The lowest BCUT2D eigenvalue weighted by Gasteiger charge is -2.31. The second kappa shape index (κ2) is 19.0. The van der Waals surface area contributed by atoms with E-state index in [0.29, 0.717) is 22.3 Å². The van der Waals surface area contributed by atoms with Crippen LogP contribution in [0.4, 0.5) is 0 Å². The van der Waals surface area contributed by atoms with E-state index in [-0.39, 0.29) is 33.0 Å². The van der Waals surface area contributed by atoms with Gasteiger partial charge in [-0.05, 0) is 190 Å². The normalized spacial score (nSPS) is 19.6. The topological polar surface area (TPSA) is 95.2 Å². The van der Waals surface area contributed by atoms with Crippen molar-refractivity contribution in [3.63, 3.8) is 0 Å². The van der Waals surface area contributed by atoms with Crippen molar-refractivity contribution in [1.29, 1.82) is 21.0 Å². The molecular weight excluding hydrogens is 825 g/mol. The fraction of sp³-hybridized carbons (Fsp3) is 0.344. The van der Waals surface area contributed by atoms with Crippen LogP contribution in [0.15, 0.2) is 108 Å². The summed E-state index contributed by atoms with van der Waals surface area (Å²) < 4.78 is 0. The Labute approximate surface area is 408 Å². The minimum Gasteiger partial charge on any atom is -0.192 e. The van der Waals surface area contributed by atoms with Crippen molar-refractivity contribution in [2.24, 2.45) is 11.3 Å². The molecule has 0 amide bonds. The largest absolute Gasteiger partial charge is 0.192 e. The summed E-state index contributed by atoms with van der Waals surface area (Å²) in [7, 11) is 0. The van der Waals surface area contributed by atoms with Crippen LogP contribution in [0, 0.1) is 56.7 Å². The van der Waals surface area contributed by atoms with Crippen LogP contribution in [0.3, 0.4) is 0 Å². The number of rotatable bonds is 0. The Morgan fingerprint density at radius 2 is 0.676 bits per heavy atom. The molecule has 0 aliphatic heterocycles. The molecule has 2 aliphatic carbocycles. The van der Waals surface area contributed by atoms with E-state index in [0.717, 1.165) is 84.3 Å². The highest BCUT2D eigenvalue weighted by molar-refractivity contribution is 5.96. The quantitative estimate of drug-likeness (QED) is 0.176. The number of hydrogen-bond acceptors (Lipinski definition) is 4. The molecule has 0 spiro atoms. The molecule has 10 bridgehead atoms. The predicted molar refractivity (Wildman–Crippen MR) is 287 cm³/mol. The maximum absolute atomic E-state index is 10.9. The first-order valence-electron chi connectivity index (χ1n) is 23.8. The molecule has 0 aromatic heterocycles. The highest BCUT2D eigenvalue weighted by Gasteiger charge is 2.27. The molecule has 0 heterocycles. The molecule has 4 aromatic rings. The Bertz CT molecular complexity index is 3060. The van der Waals surface area contributed by atoms with Gasteiger partial charge in [-0.25, -0.2) is 0 Å². The maximum Gasteiger partial charge on any atom is 0.0998 e. The third-order valence-corrected chi connectivity index (χ3v) is 13.1. The Morgan fingerprint density at radius 3 is 0.985 bits per heavy atom. The minimum atomic E-state index is -0.273. The molecule has 1 atom stereocenters. The van der Waals surface area contributed by atoms with Gasteiger partial charge in [0.15, 0.2) is 0 Å². The number of nitrogens with zero attached hydrogens (tertiary/aromatic N) is 4. The van der Waals surface area contributed by atoms with Crippen LogP contribution in [0.25, 0.3) is 46.6 Å². The summed E-state index contributed by atoms with van der Waals surface area (Å²) in [4.78, 5) is 0. The number of fused-ring (bicyclic) bond motifs is 9. The van der Waals surface area contributed by atoms with Crippen molar-refractivity contribution >= 4 is 46.6 Å². The standard InChI is InChI=1S/C64H68N4/c1-60(2,3)55-27-41-16-17-42-19-47(33-56(28-42)61(4,5)6)52(38-66)24-44-21-49(35-58(30-44)63(10,11)12)54(40-68)26-46-22-50(36-59(32-46)64(13,14)15)53(39-67)25-45-20-48(34-57(31-45)62(7,8)9)51(37-65)23-43(18-41)29-55/h16-26,28-36,55H,27H2,1-15H3/b17-16+,51-23+,52-24+,53-25+,54-26+. The summed E-state index contributed by atoms with van der Waals surface area (Å²) in [5.41, 5.74) is 13.9. The van der Waals surface area contributed by atoms with Gasteiger partial charge in [-0.1, -0.05) is 152 Å². The molecular formula is C64H68N4. The summed E-state index contributed by atoms with van der Waals surface area (Å²) in [6, 6.07) is 35.2. The summed E-state index contributed by atoms with van der Waals surface area (Å²) in [5.74, 6) is 0.210. The molecule has 0 saturated carbocycles. The zero-order chi connectivity index (χ0) is 50.1. The van der Waals surface area contributed by atoms with Gasteiger partial charge in [0.1, 0.15) is 0 Å². The predicted octanol–water partition coefficient (Wildman–Crippen LogP) is 16.9. The fourth-order valence-corrected chi connectivity index (χ4v) is 8.53. The average molecular weight is 893 g/mol. The average Bonchev–Trinajstić information content (AvgIpc) is 3.25. The minimum absolute atomic E-state index is 0.0395. The molecule has 1 unspecified atom stereocenters. The SMILES string of the molecule is CC(C)(C)c1cc2cc(c1)/C(C#N)=C/C1=CC(C(C)(C)C)CC(=C1)/C=C/c1cc(cc(C(C)(C)C)c1)/C(C#N)=C/c1cc(cc(C(C)(C)C)c1)/C(C#N)=C/c1cc(cc(C(C)(C)C)c1)/C(C#N)=C/2. The lowest BCUT2D eigenvalue weighted by Crippen LogP contribution is -2.21. The fourth-order valence-electron chi connectivity index (χ4n) is 8.53. The highest BCUT2D eigenvalue weighted by Crippen LogP contribution is 2.40. The van der Waals surface area contributed by atoms with Crippen LogP contribution in [-0.4, -0.2) is 0 Å². The monoisotopic (exact) mass is 893 g/mol. The van der Waals surface area contributed by atoms with Gasteiger partial charge in [0.25, 0.3) is 0 Å². The van der Waals surface area contributed by atoms with Crippen LogP contribution in [0.5, 0.6) is 0 Å². The zero-order valence-corrected chi connectivity index (χ0v) is 43.1. The lowest BCUT2D eigenvalue weighted by molar-refractivity contribution is 0.290. The first-order chi connectivity index (χ1) is 31.6. The van der Waals surface area contributed by atoms with Gasteiger partial charge < -0.3 is 0 Å². The second-order valence-corrected chi connectivity index (χ2v) is 23.9. The van der Waals surface area contributed by atoms with E-state index in [2.05, 4.69) is 207 Å². The smallest absolute Gasteiger partial charge is 0.0998 e. The van der Waals surface area contributed by atoms with Crippen molar-refractivity contribution < 1.29 is 0 Å². The molecule has 4 heteroatoms. The third kappa shape index (κ3) is 12.1. The molecule has 6 rings (SSSR count). The molecule has 4 aromatic carbocycles. The summed E-state index contributed by atoms with van der Waals surface area (Å²) in [6.45, 7) is 32.8. The first-order valence-corrected chi connectivity index (χ1v) is 23.8. The molecule has 2 aliphatic rings. The highest BCUT2D eigenvalue weighted by atomic mass is 14.3. The van der Waals surface area contributed by atoms with Gasteiger partial charge in [0.2, 0.25) is 0 Å². The van der Waals surface area contributed by atoms with E-state index in [4.69, 9.17) is 0 Å². The number of hydrogen-bond donors (Lipinski definition) is 0. The van der Waals surface area contributed by atoms with Crippen LogP contribution >= 0.6 is 0 Å². The molecule has 4 nitrogen and oxygen atoms in total. The number of benzene rings is 4. The van der Waals surface area contributed by atoms with E-state index in [9.17, 15) is 21.0 Å². The first kappa shape index (κ1) is 50.4. The number of allylic oxidation sites excluding steroid dienone is 10. The molecule has 0 fully saturated rings. The van der Waals surface area contributed by atoms with Gasteiger partial charge in [-0.3, -0.25) is 0 Å². The Hall–Kier alpha value is -6.98. The third-order valence-electron chi connectivity index (χ3n) is 13.1. The molecule has 0 radical (unpaired) electrons. The van der Waals surface area contributed by atoms with Crippen molar-refractivity contribution in [3.05, 3.63) is 175 Å². The summed E-state index contributed by atoms with van der Waals surface area (Å²) in [5, 5.41) is 43.6. The van der Waals surface area contributed by atoms with Crippen molar-refractivity contribution in [3.8, 4) is 24.3 Å². The summed E-state index contributed by atoms with van der Waals surface area (Å²) >= 11 is 0. The van der Waals surface area contributed by atoms with E-state index in [1.807, 2.05) is 42.5 Å². The van der Waals surface area contributed by atoms with E-state index >= 15 is 0 Å². The van der Waals surface area contributed by atoms with Gasteiger partial charge in [0.05, 0.1) is 46.6 Å². The Morgan fingerprint density at radius 1 is 0.368 bits per heavy atom. The Balaban J connectivity index is 1.74. The molecule has 344 valence electrons. The van der Waals surface area contributed by atoms with Gasteiger partial charge >= 0.3 is 0 Å². The van der Waals surface area contributed by atoms with Crippen LogP contribution in [-0.2, 0) is 21.7 Å². The van der Waals surface area contributed by atoms with Gasteiger partial charge in [-0.15, -0.1) is 0 Å². The van der Waals surface area contributed by atoms with E-state index in [1.54, 1.807) is 0 Å². The van der Waals surface area contributed by atoms with Crippen LogP contribution in [0.2, 0.25) is 0 Å². The van der Waals surface area contributed by atoms with Gasteiger partial charge in [-0.2, -0.15) is 21.0 Å². The second-order valence-electron chi connectivity index (χ2n) is 23.9. The lowest BCUT2D eigenvalue weighted by atomic mass is 9.73. The molecule has 0 saturated heterocycles. The van der Waals surface area contributed by atoms with Crippen LogP contribution in [0.1, 0.15) is 177 Å².